The van der Waals surface area contributed by atoms with Gasteiger partial charge in [0.25, 0.3) is 10.8 Å². The topological polar surface area (TPSA) is 35.9 Å². The fourth-order valence-electron chi connectivity index (χ4n) is 2.84. The second-order valence-corrected chi connectivity index (χ2v) is 5.93. The molecule has 0 amide bonds. The van der Waals surface area contributed by atoms with Crippen LogP contribution in [-0.4, -0.2) is 39.7 Å². The largest absolute Gasteiger partial charge is 1.00 e. The van der Waals surface area contributed by atoms with Gasteiger partial charge < -0.3 is 29.0 Å². The summed E-state index contributed by atoms with van der Waals surface area (Å²) in [6, 6.07) is 7.97. The highest BCUT2D eigenvalue weighted by molar-refractivity contribution is 8.14. The van der Waals surface area contributed by atoms with Gasteiger partial charge in [0.2, 0.25) is 0 Å². The molecule has 0 atom stereocenters. The molecule has 1 aromatic carbocycles. The molecule has 112 valence electrons. The molecule has 3 rings (SSSR count). The molecule has 1 N–H and O–H groups in total. The molecule has 0 aliphatic carbocycles. The maximum Gasteiger partial charge on any atom is 0.283 e. The van der Waals surface area contributed by atoms with E-state index in [0.717, 1.165) is 34.6 Å². The van der Waals surface area contributed by atoms with Crippen molar-refractivity contribution in [2.75, 3.05) is 19.3 Å². The van der Waals surface area contributed by atoms with E-state index in [2.05, 4.69) is 9.56 Å². The lowest BCUT2D eigenvalue weighted by atomic mass is 10.1. The quantitative estimate of drug-likeness (QED) is 0.333. The van der Waals surface area contributed by atoms with Crippen LogP contribution >= 0.6 is 11.8 Å². The van der Waals surface area contributed by atoms with Crippen LogP contribution in [0.2, 0.25) is 0 Å². The molecule has 3 nitrogen and oxygen atoms in total. The minimum atomic E-state index is 0. The molecule has 5 heteroatoms. The molecule has 0 saturated carbocycles. The predicted octanol–water partition coefficient (Wildman–Crippen LogP) is 0.312. The zero-order valence-electron chi connectivity index (χ0n) is 12.1. The summed E-state index contributed by atoms with van der Waals surface area (Å²) in [5.74, 6) is 0.150. The van der Waals surface area contributed by atoms with E-state index in [1.54, 1.807) is 11.8 Å². The number of nitrogens with one attached hydrogen (secondary N) is 1. The molecule has 0 bridgehead atoms. The zero-order chi connectivity index (χ0) is 13.9. The van der Waals surface area contributed by atoms with Gasteiger partial charge >= 0.3 is 0 Å². The van der Waals surface area contributed by atoms with E-state index >= 15 is 0 Å². The van der Waals surface area contributed by atoms with Crippen molar-refractivity contribution in [2.24, 2.45) is 0 Å². The van der Waals surface area contributed by atoms with Crippen molar-refractivity contribution >= 4 is 33.5 Å². The van der Waals surface area contributed by atoms with Crippen LogP contribution in [0.4, 0.5) is 0 Å². The van der Waals surface area contributed by atoms with Crippen molar-refractivity contribution in [1.82, 2.24) is 4.98 Å². The SMILES string of the molecule is CSC(C(=O)c1c[nH]c2ccccc12)=[N+]1CCCCC1.[I-]. The van der Waals surface area contributed by atoms with E-state index in [0.29, 0.717) is 0 Å². The van der Waals surface area contributed by atoms with Crippen molar-refractivity contribution in [3.63, 3.8) is 0 Å². The first-order chi connectivity index (χ1) is 9.81. The molecule has 21 heavy (non-hydrogen) atoms. The summed E-state index contributed by atoms with van der Waals surface area (Å²) < 4.78 is 2.25. The monoisotopic (exact) mass is 414 g/mol. The van der Waals surface area contributed by atoms with Gasteiger partial charge in [0, 0.05) is 29.9 Å². The first-order valence-electron chi connectivity index (χ1n) is 7.08. The predicted molar refractivity (Wildman–Crippen MR) is 85.0 cm³/mol. The van der Waals surface area contributed by atoms with E-state index in [-0.39, 0.29) is 29.8 Å². The fourth-order valence-corrected chi connectivity index (χ4v) is 3.57. The number of nitrogens with zero attached hydrogens (tertiary/aromatic N) is 1. The summed E-state index contributed by atoms with van der Waals surface area (Å²) >= 11 is 1.57. The zero-order valence-corrected chi connectivity index (χ0v) is 15.0. The minimum Gasteiger partial charge on any atom is -1.00 e. The highest BCUT2D eigenvalue weighted by Gasteiger charge is 2.27. The summed E-state index contributed by atoms with van der Waals surface area (Å²) in [6.45, 7) is 2.01. The molecule has 0 spiro atoms. The number of aromatic nitrogens is 1. The Kier molecular flexibility index (Phi) is 5.87. The first kappa shape index (κ1) is 16.5. The molecule has 1 aliphatic heterocycles. The van der Waals surface area contributed by atoms with Crippen LogP contribution in [0.15, 0.2) is 30.5 Å². The Labute approximate surface area is 146 Å². The van der Waals surface area contributed by atoms with E-state index < -0.39 is 0 Å². The van der Waals surface area contributed by atoms with Gasteiger partial charge in [-0.2, -0.15) is 0 Å². The lowest BCUT2D eigenvalue weighted by Crippen LogP contribution is -3.00. The van der Waals surface area contributed by atoms with Crippen LogP contribution in [0.5, 0.6) is 0 Å². The van der Waals surface area contributed by atoms with Crippen molar-refractivity contribution in [2.45, 2.75) is 19.3 Å². The number of hydrogen-bond acceptors (Lipinski definition) is 2. The lowest BCUT2D eigenvalue weighted by molar-refractivity contribution is -0.533. The number of carbonyl (C=O) groups excluding carboxylic acids is 1. The van der Waals surface area contributed by atoms with Gasteiger partial charge in [-0.15, -0.1) is 0 Å². The average Bonchev–Trinajstić information content (AvgIpc) is 2.93. The highest BCUT2D eigenvalue weighted by atomic mass is 127. The van der Waals surface area contributed by atoms with Crippen molar-refractivity contribution < 1.29 is 33.3 Å². The summed E-state index contributed by atoms with van der Waals surface area (Å²) in [7, 11) is 0. The van der Waals surface area contributed by atoms with E-state index in [1.165, 1.54) is 19.3 Å². The molecule has 0 radical (unpaired) electrons. The molecule has 1 aromatic heterocycles. The van der Waals surface area contributed by atoms with Gasteiger partial charge in [-0.1, -0.05) is 30.0 Å². The summed E-state index contributed by atoms with van der Waals surface area (Å²) in [5.41, 5.74) is 1.81. The van der Waals surface area contributed by atoms with Gasteiger partial charge in [0.15, 0.2) is 0 Å². The highest BCUT2D eigenvalue weighted by Crippen LogP contribution is 2.21. The number of thioether (sulfide) groups is 1. The van der Waals surface area contributed by atoms with Crippen molar-refractivity contribution in [1.29, 1.82) is 0 Å². The number of fused-ring (bicyclic) bond motifs is 1. The number of Topliss-reactive ketones (excluding diaryl/α,β-unsaturated/α-hetero) is 1. The molecular weight excluding hydrogens is 395 g/mol. The number of ketones is 1. The van der Waals surface area contributed by atoms with Gasteiger partial charge in [-0.3, -0.25) is 4.79 Å². The number of H-pyrrole nitrogens is 1. The molecule has 1 aliphatic rings. The Morgan fingerprint density at radius 3 is 2.62 bits per heavy atom. The molecular formula is C16H19IN2OS. The minimum absolute atomic E-state index is 0. The van der Waals surface area contributed by atoms with E-state index in [9.17, 15) is 4.79 Å². The maximum absolute atomic E-state index is 12.8. The van der Waals surface area contributed by atoms with Crippen LogP contribution < -0.4 is 24.0 Å². The van der Waals surface area contributed by atoms with E-state index in [4.69, 9.17) is 0 Å². The number of para-hydroxylation sites is 1. The Morgan fingerprint density at radius 1 is 1.19 bits per heavy atom. The van der Waals surface area contributed by atoms with Crippen LogP contribution in [0.1, 0.15) is 29.6 Å². The van der Waals surface area contributed by atoms with Gasteiger partial charge in [0.05, 0.1) is 5.56 Å². The Balaban J connectivity index is 0.00000161. The molecule has 2 heterocycles. The number of aromatic amines is 1. The number of carbonyl (C=O) groups is 1. The third-order valence-corrected chi connectivity index (χ3v) is 4.70. The summed E-state index contributed by atoms with van der Waals surface area (Å²) in [4.78, 5) is 16.0. The third kappa shape index (κ3) is 3.34. The Hall–Kier alpha value is -0.820. The van der Waals surface area contributed by atoms with Crippen molar-refractivity contribution in [3.8, 4) is 0 Å². The Morgan fingerprint density at radius 2 is 1.90 bits per heavy atom. The maximum atomic E-state index is 12.8. The number of hydrogen-bond donors (Lipinski definition) is 1. The fraction of sp³-hybridized carbons (Fsp3) is 0.375. The first-order valence-corrected chi connectivity index (χ1v) is 8.30. The van der Waals surface area contributed by atoms with E-state index in [1.807, 2.05) is 36.7 Å². The van der Waals surface area contributed by atoms with Crippen LogP contribution in [0, 0.1) is 0 Å². The smallest absolute Gasteiger partial charge is 0.283 e. The normalized spacial score (nSPS) is 14.8. The molecule has 1 fully saturated rings. The summed E-state index contributed by atoms with van der Waals surface area (Å²) in [6.07, 6.45) is 7.49. The second-order valence-electron chi connectivity index (χ2n) is 5.13. The van der Waals surface area contributed by atoms with Crippen LogP contribution in [0.3, 0.4) is 0 Å². The third-order valence-electron chi connectivity index (χ3n) is 3.86. The molecule has 2 aromatic rings. The standard InChI is InChI=1S/C16H18N2OS.HI/c1-20-16(18-9-5-2-6-10-18)15(19)13-11-17-14-8-4-3-7-12(13)14;/h3-4,7-8,11H,2,5-6,9-10H2,1H3;1H. The number of rotatable bonds is 2. The van der Waals surface area contributed by atoms with Crippen LogP contribution in [-0.2, 0) is 0 Å². The summed E-state index contributed by atoms with van der Waals surface area (Å²) in [5, 5.41) is 1.90. The van der Waals surface area contributed by atoms with Gasteiger partial charge in [-0.25, -0.2) is 4.58 Å². The second kappa shape index (κ2) is 7.45. The number of halogens is 1. The average molecular weight is 414 g/mol. The van der Waals surface area contributed by atoms with Crippen LogP contribution in [0.25, 0.3) is 10.9 Å². The van der Waals surface area contributed by atoms with Crippen molar-refractivity contribution in [3.05, 3.63) is 36.0 Å². The van der Waals surface area contributed by atoms with Gasteiger partial charge in [0.1, 0.15) is 13.1 Å². The lowest BCUT2D eigenvalue weighted by Gasteiger charge is -2.12. The molecule has 1 saturated heterocycles. The number of benzene rings is 1. The number of piperidine rings is 1. The Bertz CT molecular complexity index is 670. The molecule has 0 unspecified atom stereocenters. The van der Waals surface area contributed by atoms with Gasteiger partial charge in [-0.05, 0) is 18.7 Å².